The van der Waals surface area contributed by atoms with Gasteiger partial charge in [-0.3, -0.25) is 0 Å². The molecule has 0 bridgehead atoms. The molecule has 0 spiro atoms. The van der Waals surface area contributed by atoms with Gasteiger partial charge in [-0.05, 0) is 26.2 Å². The fourth-order valence-electron chi connectivity index (χ4n) is 1.34. The Labute approximate surface area is 106 Å². The van der Waals surface area contributed by atoms with E-state index < -0.39 is 6.10 Å². The maximum absolute atomic E-state index is 8.11. The monoisotopic (exact) mass is 250 g/mol. The van der Waals surface area contributed by atoms with Crippen molar-refractivity contribution < 1.29 is 19.7 Å². The molecule has 0 aromatic rings. The van der Waals surface area contributed by atoms with Crippen LogP contribution < -0.4 is 0 Å². The number of hydrogen-bond acceptors (Lipinski definition) is 4. The van der Waals surface area contributed by atoms with Crippen LogP contribution in [0.4, 0.5) is 0 Å². The van der Waals surface area contributed by atoms with Gasteiger partial charge in [-0.2, -0.15) is 0 Å². The standard InChI is InChI=1S/C8H16O.C3H8O2.C2H6O/c1-2-7-9-8-5-3-4-6-8;1-3(5)2-4;1-3-2/h8H,2-7H2,1H3;3-5H,2H2,1H3;1-2H3. The van der Waals surface area contributed by atoms with Crippen LogP contribution in [0, 0.1) is 0 Å². The maximum Gasteiger partial charge on any atom is 0.0742 e. The largest absolute Gasteiger partial charge is 0.394 e. The van der Waals surface area contributed by atoms with Crippen LogP contribution in [-0.2, 0) is 9.47 Å². The highest BCUT2D eigenvalue weighted by molar-refractivity contribution is 4.66. The fraction of sp³-hybridized carbons (Fsp3) is 1.00. The average Bonchev–Trinajstić information content (AvgIpc) is 2.81. The van der Waals surface area contributed by atoms with Crippen molar-refractivity contribution in [2.24, 2.45) is 0 Å². The first kappa shape index (κ1) is 19.2. The first-order chi connectivity index (χ1) is 8.12. The second-order valence-electron chi connectivity index (χ2n) is 4.22. The number of methoxy groups -OCH3 is 1. The lowest BCUT2D eigenvalue weighted by Gasteiger charge is -2.08. The number of aliphatic hydroxyl groups is 2. The van der Waals surface area contributed by atoms with Crippen molar-refractivity contribution >= 4 is 0 Å². The molecule has 2 N–H and O–H groups in total. The third kappa shape index (κ3) is 18.4. The van der Waals surface area contributed by atoms with Crippen molar-refractivity contribution in [1.29, 1.82) is 0 Å². The third-order valence-corrected chi connectivity index (χ3v) is 2.12. The van der Waals surface area contributed by atoms with E-state index in [4.69, 9.17) is 14.9 Å². The summed E-state index contributed by atoms with van der Waals surface area (Å²) in [6.07, 6.45) is 6.60. The molecule has 0 heterocycles. The molecule has 1 aliphatic rings. The molecule has 1 aliphatic carbocycles. The maximum atomic E-state index is 8.11. The molecule has 1 saturated carbocycles. The van der Waals surface area contributed by atoms with E-state index in [0.717, 1.165) is 13.0 Å². The molecular weight excluding hydrogens is 220 g/mol. The van der Waals surface area contributed by atoms with Crippen molar-refractivity contribution in [3.8, 4) is 0 Å². The zero-order valence-electron chi connectivity index (χ0n) is 11.8. The quantitative estimate of drug-likeness (QED) is 0.801. The van der Waals surface area contributed by atoms with Gasteiger partial charge >= 0.3 is 0 Å². The lowest BCUT2D eigenvalue weighted by Crippen LogP contribution is -2.07. The lowest BCUT2D eigenvalue weighted by atomic mass is 10.3. The van der Waals surface area contributed by atoms with Gasteiger partial charge in [0, 0.05) is 20.8 Å². The highest BCUT2D eigenvalue weighted by atomic mass is 16.5. The van der Waals surface area contributed by atoms with Gasteiger partial charge < -0.3 is 19.7 Å². The normalized spacial score (nSPS) is 16.6. The Hall–Kier alpha value is -0.160. The summed E-state index contributed by atoms with van der Waals surface area (Å²) >= 11 is 0. The Balaban J connectivity index is 0. The first-order valence-electron chi connectivity index (χ1n) is 6.42. The molecule has 106 valence electrons. The number of ether oxygens (including phenoxy) is 2. The minimum Gasteiger partial charge on any atom is -0.394 e. The summed E-state index contributed by atoms with van der Waals surface area (Å²) in [6, 6.07) is 0. The van der Waals surface area contributed by atoms with Gasteiger partial charge in [0.05, 0.1) is 18.8 Å². The van der Waals surface area contributed by atoms with Crippen molar-refractivity contribution in [3.05, 3.63) is 0 Å². The van der Waals surface area contributed by atoms with Crippen molar-refractivity contribution in [1.82, 2.24) is 0 Å². The fourth-order valence-corrected chi connectivity index (χ4v) is 1.34. The summed E-state index contributed by atoms with van der Waals surface area (Å²) in [4.78, 5) is 0. The SMILES string of the molecule is CC(O)CO.CCCOC1CCCC1.COC. The van der Waals surface area contributed by atoms with E-state index >= 15 is 0 Å². The summed E-state index contributed by atoms with van der Waals surface area (Å²) < 4.78 is 9.80. The summed E-state index contributed by atoms with van der Waals surface area (Å²) in [5.74, 6) is 0. The summed E-state index contributed by atoms with van der Waals surface area (Å²) in [5.41, 5.74) is 0. The van der Waals surface area contributed by atoms with E-state index in [-0.39, 0.29) is 6.61 Å². The number of hydrogen-bond donors (Lipinski definition) is 2. The Morgan fingerprint density at radius 3 is 1.94 bits per heavy atom. The molecule has 4 heteroatoms. The van der Waals surface area contributed by atoms with Crippen LogP contribution in [0.2, 0.25) is 0 Å². The molecule has 17 heavy (non-hydrogen) atoms. The van der Waals surface area contributed by atoms with Gasteiger partial charge in [0.15, 0.2) is 0 Å². The molecule has 0 aromatic carbocycles. The van der Waals surface area contributed by atoms with E-state index in [0.29, 0.717) is 6.10 Å². The molecule has 0 saturated heterocycles. The molecule has 0 aromatic heterocycles. The Kier molecular flexibility index (Phi) is 17.9. The van der Waals surface area contributed by atoms with Crippen LogP contribution in [0.5, 0.6) is 0 Å². The van der Waals surface area contributed by atoms with Crippen molar-refractivity contribution in [2.45, 2.75) is 58.2 Å². The molecule has 1 rings (SSSR count). The highest BCUT2D eigenvalue weighted by Gasteiger charge is 2.13. The smallest absolute Gasteiger partial charge is 0.0742 e. The first-order valence-corrected chi connectivity index (χ1v) is 6.42. The van der Waals surface area contributed by atoms with Gasteiger partial charge in [0.1, 0.15) is 0 Å². The van der Waals surface area contributed by atoms with Gasteiger partial charge in [-0.25, -0.2) is 0 Å². The lowest BCUT2D eigenvalue weighted by molar-refractivity contribution is 0.0589. The van der Waals surface area contributed by atoms with Crippen LogP contribution in [0.25, 0.3) is 0 Å². The molecule has 1 unspecified atom stereocenters. The van der Waals surface area contributed by atoms with E-state index in [9.17, 15) is 0 Å². The minimum atomic E-state index is -0.560. The Bertz CT molecular complexity index is 123. The third-order valence-electron chi connectivity index (χ3n) is 2.12. The summed E-state index contributed by atoms with van der Waals surface area (Å²) in [5, 5.41) is 16.0. The van der Waals surface area contributed by atoms with Crippen LogP contribution in [0.3, 0.4) is 0 Å². The van der Waals surface area contributed by atoms with E-state index in [1.54, 1.807) is 14.2 Å². The van der Waals surface area contributed by atoms with E-state index in [1.807, 2.05) is 0 Å². The predicted octanol–water partition coefficient (Wildman–Crippen LogP) is 1.98. The van der Waals surface area contributed by atoms with Gasteiger partial charge in [-0.15, -0.1) is 0 Å². The van der Waals surface area contributed by atoms with Crippen molar-refractivity contribution in [2.75, 3.05) is 27.4 Å². The second kappa shape index (κ2) is 15.8. The van der Waals surface area contributed by atoms with Crippen LogP contribution >= 0.6 is 0 Å². The second-order valence-corrected chi connectivity index (χ2v) is 4.22. The zero-order chi connectivity index (χ0) is 13.5. The molecular formula is C13H30O4. The van der Waals surface area contributed by atoms with E-state index in [1.165, 1.54) is 32.6 Å². The highest BCUT2D eigenvalue weighted by Crippen LogP contribution is 2.20. The molecule has 0 amide bonds. The molecule has 1 atom stereocenters. The summed E-state index contributed by atoms with van der Waals surface area (Å²) in [7, 11) is 3.25. The zero-order valence-corrected chi connectivity index (χ0v) is 11.8. The molecule has 0 aliphatic heterocycles. The number of rotatable bonds is 4. The average molecular weight is 250 g/mol. The van der Waals surface area contributed by atoms with Crippen molar-refractivity contribution in [3.63, 3.8) is 0 Å². The van der Waals surface area contributed by atoms with Crippen LogP contribution in [0.15, 0.2) is 0 Å². The summed E-state index contributed by atoms with van der Waals surface area (Å²) in [6.45, 7) is 4.51. The molecule has 0 radical (unpaired) electrons. The van der Waals surface area contributed by atoms with E-state index in [2.05, 4.69) is 11.7 Å². The van der Waals surface area contributed by atoms with Gasteiger partial charge in [-0.1, -0.05) is 19.8 Å². The van der Waals surface area contributed by atoms with Gasteiger partial charge in [0.2, 0.25) is 0 Å². The Morgan fingerprint density at radius 1 is 1.24 bits per heavy atom. The molecule has 1 fully saturated rings. The van der Waals surface area contributed by atoms with Crippen LogP contribution in [0.1, 0.15) is 46.0 Å². The Morgan fingerprint density at radius 2 is 1.65 bits per heavy atom. The topological polar surface area (TPSA) is 58.9 Å². The predicted molar refractivity (Wildman–Crippen MR) is 70.2 cm³/mol. The number of aliphatic hydroxyl groups excluding tert-OH is 2. The minimum absolute atomic E-state index is 0.139. The van der Waals surface area contributed by atoms with Crippen LogP contribution in [-0.4, -0.2) is 49.9 Å². The molecule has 4 nitrogen and oxygen atoms in total. The van der Waals surface area contributed by atoms with Gasteiger partial charge in [0.25, 0.3) is 0 Å².